The van der Waals surface area contributed by atoms with E-state index >= 15 is 0 Å². The second kappa shape index (κ2) is 6.21. The van der Waals surface area contributed by atoms with Gasteiger partial charge in [-0.1, -0.05) is 41.2 Å². The average Bonchev–Trinajstić information content (AvgIpc) is 3.03. The summed E-state index contributed by atoms with van der Waals surface area (Å²) in [5.41, 5.74) is 1.45. The van der Waals surface area contributed by atoms with Crippen LogP contribution in [0.25, 0.3) is 21.7 Å². The topological polar surface area (TPSA) is 89.2 Å². The summed E-state index contributed by atoms with van der Waals surface area (Å²) in [7, 11) is 4.55. The highest BCUT2D eigenvalue weighted by Crippen LogP contribution is 2.40. The van der Waals surface area contributed by atoms with Gasteiger partial charge >= 0.3 is 5.69 Å². The fourth-order valence-electron chi connectivity index (χ4n) is 2.54. The zero-order valence-electron chi connectivity index (χ0n) is 14.3. The lowest BCUT2D eigenvalue weighted by Gasteiger charge is -2.10. The lowest BCUT2D eigenvalue weighted by Crippen LogP contribution is -2.37. The molecule has 0 atom stereocenters. The number of hydrogen-bond donors (Lipinski definition) is 2. The third kappa shape index (κ3) is 2.74. The Morgan fingerprint density at radius 2 is 1.76 bits per heavy atom. The summed E-state index contributed by atoms with van der Waals surface area (Å²) in [4.78, 5) is 29.7. The van der Waals surface area contributed by atoms with Gasteiger partial charge < -0.3 is 10.4 Å². The van der Waals surface area contributed by atoms with Crippen molar-refractivity contribution >= 4 is 16.5 Å². The quantitative estimate of drug-likeness (QED) is 0.747. The monoisotopic (exact) mass is 358 g/mol. The van der Waals surface area contributed by atoms with E-state index < -0.39 is 11.2 Å². The van der Waals surface area contributed by atoms with Crippen LogP contribution < -0.4 is 16.6 Å². The maximum absolute atomic E-state index is 12.6. The van der Waals surface area contributed by atoms with Crippen molar-refractivity contribution in [3.8, 4) is 27.6 Å². The van der Waals surface area contributed by atoms with Crippen LogP contribution in [0.5, 0.6) is 5.88 Å². The number of benzene rings is 1. The number of nitrogens with zero attached hydrogens (tertiary/aromatic N) is 3. The van der Waals surface area contributed by atoms with E-state index in [1.54, 1.807) is 7.05 Å². The summed E-state index contributed by atoms with van der Waals surface area (Å²) in [6.45, 7) is 1.99. The van der Waals surface area contributed by atoms with Crippen LogP contribution in [0, 0.1) is 6.92 Å². The summed E-state index contributed by atoms with van der Waals surface area (Å²) in [5.74, 6) is -0.368. The summed E-state index contributed by atoms with van der Waals surface area (Å²) in [5, 5.41) is 14.0. The molecule has 130 valence electrons. The molecule has 0 aliphatic heterocycles. The number of thiazole rings is 1. The highest BCUT2D eigenvalue weighted by Gasteiger charge is 2.23. The minimum Gasteiger partial charge on any atom is -0.494 e. The van der Waals surface area contributed by atoms with E-state index in [0.29, 0.717) is 15.7 Å². The number of hydrogen-bond acceptors (Lipinski definition) is 6. The molecule has 0 bridgehead atoms. The van der Waals surface area contributed by atoms with Crippen molar-refractivity contribution in [2.24, 2.45) is 14.1 Å². The Morgan fingerprint density at radius 1 is 1.12 bits per heavy atom. The molecule has 8 heteroatoms. The molecule has 25 heavy (non-hydrogen) atoms. The van der Waals surface area contributed by atoms with E-state index in [2.05, 4.69) is 10.3 Å². The summed E-state index contributed by atoms with van der Waals surface area (Å²) in [6, 6.07) is 7.74. The lowest BCUT2D eigenvalue weighted by atomic mass is 10.1. The maximum atomic E-state index is 12.6. The van der Waals surface area contributed by atoms with Crippen molar-refractivity contribution in [2.45, 2.75) is 6.92 Å². The van der Waals surface area contributed by atoms with Crippen molar-refractivity contribution in [1.29, 1.82) is 0 Å². The molecule has 2 aromatic heterocycles. The van der Waals surface area contributed by atoms with Gasteiger partial charge in [-0.15, -0.1) is 0 Å². The summed E-state index contributed by atoms with van der Waals surface area (Å²) >= 11 is 1.25. The smallest absolute Gasteiger partial charge is 0.333 e. The van der Waals surface area contributed by atoms with E-state index in [1.165, 1.54) is 25.4 Å². The number of nitrogens with one attached hydrogen (secondary N) is 1. The number of aryl methyl sites for hydroxylation is 1. The van der Waals surface area contributed by atoms with Crippen molar-refractivity contribution in [1.82, 2.24) is 14.1 Å². The molecular formula is C17H18N4O3S. The molecule has 1 aromatic carbocycles. The molecule has 7 nitrogen and oxygen atoms in total. The Kier molecular flexibility index (Phi) is 4.22. The zero-order chi connectivity index (χ0) is 18.3. The Hall–Kier alpha value is -2.87. The van der Waals surface area contributed by atoms with Gasteiger partial charge in [0, 0.05) is 26.7 Å². The molecule has 0 saturated carbocycles. The van der Waals surface area contributed by atoms with Gasteiger partial charge in [0.1, 0.15) is 5.56 Å². The Morgan fingerprint density at radius 3 is 2.36 bits per heavy atom. The molecular weight excluding hydrogens is 340 g/mol. The molecule has 0 radical (unpaired) electrons. The molecule has 2 N–H and O–H groups in total. The third-order valence-corrected chi connectivity index (χ3v) is 5.12. The van der Waals surface area contributed by atoms with Gasteiger partial charge in [0.2, 0.25) is 5.88 Å². The molecule has 0 unspecified atom stereocenters. The highest BCUT2D eigenvalue weighted by atomic mass is 32.1. The first-order valence-corrected chi connectivity index (χ1v) is 8.41. The standard InChI is InChI=1S/C17H18N4O3S/c1-9-5-7-10(8-6-9)12-13(25-16(18-2)19-12)11-14(22)20(3)17(24)21(4)15(11)23/h5-8,22H,1-4H3,(H,18,19). The van der Waals surface area contributed by atoms with Crippen LogP contribution in [0.2, 0.25) is 0 Å². The van der Waals surface area contributed by atoms with Crippen LogP contribution >= 0.6 is 11.3 Å². The summed E-state index contributed by atoms with van der Waals surface area (Å²) < 4.78 is 2.03. The minimum absolute atomic E-state index is 0.0687. The highest BCUT2D eigenvalue weighted by molar-refractivity contribution is 7.19. The second-order valence-electron chi connectivity index (χ2n) is 5.72. The van der Waals surface area contributed by atoms with E-state index in [0.717, 1.165) is 20.3 Å². The maximum Gasteiger partial charge on any atom is 0.333 e. The zero-order valence-corrected chi connectivity index (χ0v) is 15.1. The largest absolute Gasteiger partial charge is 0.494 e. The van der Waals surface area contributed by atoms with Gasteiger partial charge in [0.05, 0.1) is 10.6 Å². The van der Waals surface area contributed by atoms with Crippen LogP contribution in [0.1, 0.15) is 5.56 Å². The number of anilines is 1. The van der Waals surface area contributed by atoms with Gasteiger partial charge in [-0.2, -0.15) is 0 Å². The second-order valence-corrected chi connectivity index (χ2v) is 6.72. The van der Waals surface area contributed by atoms with Gasteiger partial charge in [-0.25, -0.2) is 9.78 Å². The fourth-order valence-corrected chi connectivity index (χ4v) is 3.51. The first kappa shape index (κ1) is 17.0. The first-order chi connectivity index (χ1) is 11.8. The molecule has 0 amide bonds. The molecule has 3 aromatic rings. The van der Waals surface area contributed by atoms with E-state index in [9.17, 15) is 14.7 Å². The molecule has 3 rings (SSSR count). The van der Waals surface area contributed by atoms with Crippen LogP contribution in [0.3, 0.4) is 0 Å². The van der Waals surface area contributed by atoms with Crippen molar-refractivity contribution in [3.05, 3.63) is 50.7 Å². The predicted octanol–water partition coefficient (Wildman–Crippen LogP) is 1.93. The number of aromatic hydroxyl groups is 1. The Balaban J connectivity index is 2.36. The molecule has 0 aliphatic carbocycles. The molecule has 0 aliphatic rings. The molecule has 0 spiro atoms. The normalized spacial score (nSPS) is 10.9. The van der Waals surface area contributed by atoms with Crippen molar-refractivity contribution in [3.63, 3.8) is 0 Å². The van der Waals surface area contributed by atoms with Gasteiger partial charge in [0.25, 0.3) is 5.56 Å². The third-order valence-electron chi connectivity index (χ3n) is 4.03. The van der Waals surface area contributed by atoms with Crippen LogP contribution in [0.15, 0.2) is 33.9 Å². The predicted molar refractivity (Wildman–Crippen MR) is 99.4 cm³/mol. The Labute approximate surface area is 147 Å². The van der Waals surface area contributed by atoms with E-state index in [4.69, 9.17) is 0 Å². The van der Waals surface area contributed by atoms with Crippen LogP contribution in [0.4, 0.5) is 5.13 Å². The lowest BCUT2D eigenvalue weighted by molar-refractivity contribution is 0.415. The van der Waals surface area contributed by atoms with E-state index in [1.807, 2.05) is 31.2 Å². The minimum atomic E-state index is -0.582. The van der Waals surface area contributed by atoms with Crippen LogP contribution in [-0.2, 0) is 14.1 Å². The van der Waals surface area contributed by atoms with Crippen molar-refractivity contribution < 1.29 is 5.11 Å². The average molecular weight is 358 g/mol. The number of aromatic nitrogens is 3. The fraction of sp³-hybridized carbons (Fsp3) is 0.235. The van der Waals surface area contributed by atoms with Gasteiger partial charge in [-0.3, -0.25) is 13.9 Å². The first-order valence-electron chi connectivity index (χ1n) is 7.60. The molecule has 2 heterocycles. The van der Waals surface area contributed by atoms with E-state index in [-0.39, 0.29) is 11.4 Å². The van der Waals surface area contributed by atoms with Gasteiger partial charge in [0.15, 0.2) is 5.13 Å². The van der Waals surface area contributed by atoms with Crippen LogP contribution in [-0.4, -0.2) is 26.3 Å². The van der Waals surface area contributed by atoms with Crippen molar-refractivity contribution in [2.75, 3.05) is 12.4 Å². The Bertz CT molecular complexity index is 1060. The van der Waals surface area contributed by atoms with Gasteiger partial charge in [-0.05, 0) is 6.92 Å². The molecule has 0 saturated heterocycles. The number of rotatable bonds is 3. The SMILES string of the molecule is CNc1nc(-c2ccc(C)cc2)c(-c2c(O)n(C)c(=O)n(C)c2=O)s1. The summed E-state index contributed by atoms with van der Waals surface area (Å²) in [6.07, 6.45) is 0. The molecule has 0 fully saturated rings.